The van der Waals surface area contributed by atoms with Crippen LogP contribution in [0, 0.1) is 5.92 Å². The number of anilines is 1. The van der Waals surface area contributed by atoms with E-state index in [0.717, 1.165) is 26.1 Å². The van der Waals surface area contributed by atoms with Crippen LogP contribution in [0.2, 0.25) is 0 Å². The third-order valence-electron chi connectivity index (χ3n) is 4.33. The molecule has 2 rings (SSSR count). The molecular formula is C17H26F3IN4O. The fourth-order valence-electron chi connectivity index (χ4n) is 2.89. The molecule has 26 heavy (non-hydrogen) atoms. The molecule has 1 heterocycles. The molecular weight excluding hydrogens is 460 g/mol. The van der Waals surface area contributed by atoms with E-state index >= 15 is 0 Å². The molecule has 0 bridgehead atoms. The van der Waals surface area contributed by atoms with Crippen molar-refractivity contribution in [2.75, 3.05) is 31.5 Å². The molecule has 1 aliphatic rings. The smallest absolute Gasteiger partial charge is 0.406 e. The van der Waals surface area contributed by atoms with Gasteiger partial charge in [-0.05, 0) is 69.1 Å². The van der Waals surface area contributed by atoms with E-state index in [4.69, 9.17) is 5.73 Å². The van der Waals surface area contributed by atoms with Crippen LogP contribution in [0.15, 0.2) is 29.3 Å². The number of likely N-dealkylation sites (tertiary alicyclic amines) is 1. The minimum atomic E-state index is -4.69. The van der Waals surface area contributed by atoms with Gasteiger partial charge in [0.2, 0.25) is 0 Å². The van der Waals surface area contributed by atoms with Crippen LogP contribution < -0.4 is 15.8 Å². The maximum absolute atomic E-state index is 12.1. The number of guanidine groups is 1. The average Bonchev–Trinajstić information content (AvgIpc) is 2.56. The minimum absolute atomic E-state index is 0. The Morgan fingerprint density at radius 3 is 2.42 bits per heavy atom. The van der Waals surface area contributed by atoms with Gasteiger partial charge < -0.3 is 20.7 Å². The van der Waals surface area contributed by atoms with Crippen molar-refractivity contribution in [3.63, 3.8) is 0 Å². The molecule has 1 aliphatic heterocycles. The van der Waals surface area contributed by atoms with Crippen LogP contribution in [0.5, 0.6) is 5.75 Å². The van der Waals surface area contributed by atoms with E-state index < -0.39 is 6.36 Å². The Morgan fingerprint density at radius 2 is 1.88 bits per heavy atom. The lowest BCUT2D eigenvalue weighted by atomic mass is 9.94. The van der Waals surface area contributed by atoms with Crippen LogP contribution in [0.3, 0.4) is 0 Å². The molecule has 3 N–H and O–H groups in total. The fraction of sp³-hybridized carbons (Fsp3) is 0.588. The number of hydrogen-bond donors (Lipinski definition) is 2. The van der Waals surface area contributed by atoms with Gasteiger partial charge in [-0.3, -0.25) is 4.99 Å². The summed E-state index contributed by atoms with van der Waals surface area (Å²) in [4.78, 5) is 6.74. The largest absolute Gasteiger partial charge is 0.573 e. The Kier molecular flexibility index (Phi) is 9.48. The lowest BCUT2D eigenvalue weighted by Crippen LogP contribution is -2.33. The van der Waals surface area contributed by atoms with Crippen molar-refractivity contribution < 1.29 is 17.9 Å². The van der Waals surface area contributed by atoms with Gasteiger partial charge in [-0.2, -0.15) is 0 Å². The first kappa shape index (κ1) is 22.8. The van der Waals surface area contributed by atoms with Crippen molar-refractivity contribution in [3.05, 3.63) is 24.3 Å². The number of ether oxygens (including phenoxy) is 1. The summed E-state index contributed by atoms with van der Waals surface area (Å²) in [6, 6.07) is 5.38. The van der Waals surface area contributed by atoms with E-state index in [2.05, 4.69) is 26.9 Å². The Bertz CT molecular complexity index is 558. The fourth-order valence-corrected chi connectivity index (χ4v) is 2.89. The molecule has 148 valence electrons. The summed E-state index contributed by atoms with van der Waals surface area (Å²) in [5.41, 5.74) is 6.39. The number of hydrogen-bond acceptors (Lipinski definition) is 3. The first-order valence-corrected chi connectivity index (χ1v) is 8.51. The molecule has 0 unspecified atom stereocenters. The van der Waals surface area contributed by atoms with Gasteiger partial charge in [0.25, 0.3) is 0 Å². The van der Waals surface area contributed by atoms with Crippen LogP contribution in [-0.4, -0.2) is 43.4 Å². The molecule has 0 radical (unpaired) electrons. The normalized spacial score (nSPS) is 16.8. The average molecular weight is 486 g/mol. The first-order valence-electron chi connectivity index (χ1n) is 8.51. The van der Waals surface area contributed by atoms with Gasteiger partial charge >= 0.3 is 6.36 Å². The summed E-state index contributed by atoms with van der Waals surface area (Å²) < 4.78 is 40.1. The summed E-state index contributed by atoms with van der Waals surface area (Å²) in [6.45, 7) is 6.22. The van der Waals surface area contributed by atoms with Crippen LogP contribution >= 0.6 is 24.0 Å². The highest BCUT2D eigenvalue weighted by molar-refractivity contribution is 14.0. The molecule has 1 fully saturated rings. The summed E-state index contributed by atoms with van der Waals surface area (Å²) in [5, 5.41) is 2.87. The zero-order valence-corrected chi connectivity index (χ0v) is 17.1. The molecule has 0 saturated carbocycles. The Labute approximate surface area is 169 Å². The molecule has 1 saturated heterocycles. The zero-order valence-electron chi connectivity index (χ0n) is 14.8. The van der Waals surface area contributed by atoms with Gasteiger partial charge in [0, 0.05) is 12.2 Å². The highest BCUT2D eigenvalue weighted by atomic mass is 127. The highest BCUT2D eigenvalue weighted by Crippen LogP contribution is 2.24. The summed E-state index contributed by atoms with van der Waals surface area (Å²) >= 11 is 0. The Balaban J connectivity index is 0.00000338. The van der Waals surface area contributed by atoms with Gasteiger partial charge in [0.15, 0.2) is 5.96 Å². The predicted octanol–water partition coefficient (Wildman–Crippen LogP) is 4.05. The monoisotopic (exact) mass is 486 g/mol. The molecule has 0 spiro atoms. The number of halogens is 4. The predicted molar refractivity (Wildman–Crippen MR) is 108 cm³/mol. The topological polar surface area (TPSA) is 62.9 Å². The van der Waals surface area contributed by atoms with Crippen LogP contribution in [-0.2, 0) is 0 Å². The summed E-state index contributed by atoms with van der Waals surface area (Å²) in [6.07, 6.45) is -1.31. The number of alkyl halides is 3. The van der Waals surface area contributed by atoms with E-state index in [1.54, 1.807) is 0 Å². The van der Waals surface area contributed by atoms with E-state index in [-0.39, 0.29) is 35.7 Å². The van der Waals surface area contributed by atoms with Gasteiger partial charge in [-0.25, -0.2) is 0 Å². The van der Waals surface area contributed by atoms with Crippen molar-refractivity contribution in [2.24, 2.45) is 16.6 Å². The Hall–Kier alpha value is -1.23. The summed E-state index contributed by atoms with van der Waals surface area (Å²) in [7, 11) is 0. The van der Waals surface area contributed by atoms with Crippen molar-refractivity contribution in [1.29, 1.82) is 0 Å². The molecule has 0 amide bonds. The second-order valence-corrected chi connectivity index (χ2v) is 6.13. The second kappa shape index (κ2) is 10.8. The van der Waals surface area contributed by atoms with E-state index in [0.29, 0.717) is 18.2 Å². The van der Waals surface area contributed by atoms with E-state index in [1.807, 2.05) is 0 Å². The number of benzene rings is 1. The molecule has 0 aromatic heterocycles. The molecule has 9 heteroatoms. The summed E-state index contributed by atoms with van der Waals surface area (Å²) in [5.74, 6) is 0.667. The molecule has 1 aromatic rings. The molecule has 5 nitrogen and oxygen atoms in total. The standard InChI is InChI=1S/C17H25F3N4O.HI/c1-2-24-11-8-13(9-12-24)7-10-22-16(21)23-14-3-5-15(6-4-14)25-17(18,19)20;/h3-6,13H,2,7-12H2,1H3,(H3,21,22,23);1H. The second-order valence-electron chi connectivity index (χ2n) is 6.13. The lowest BCUT2D eigenvalue weighted by molar-refractivity contribution is -0.274. The number of nitrogens with two attached hydrogens (primary N) is 1. The van der Waals surface area contributed by atoms with Gasteiger partial charge in [0.05, 0.1) is 0 Å². The zero-order chi connectivity index (χ0) is 18.3. The van der Waals surface area contributed by atoms with E-state index in [9.17, 15) is 13.2 Å². The molecule has 1 aromatic carbocycles. The first-order chi connectivity index (χ1) is 11.9. The number of nitrogens with one attached hydrogen (secondary N) is 1. The third kappa shape index (κ3) is 8.43. The van der Waals surface area contributed by atoms with Crippen molar-refractivity contribution in [3.8, 4) is 5.75 Å². The maximum Gasteiger partial charge on any atom is 0.573 e. The number of aliphatic imine (C=N–C) groups is 1. The quantitative estimate of drug-likeness (QED) is 0.362. The van der Waals surface area contributed by atoms with Gasteiger partial charge in [-0.15, -0.1) is 37.1 Å². The molecule has 0 atom stereocenters. The number of rotatable bonds is 6. The minimum Gasteiger partial charge on any atom is -0.406 e. The molecule has 0 aliphatic carbocycles. The third-order valence-corrected chi connectivity index (χ3v) is 4.33. The van der Waals surface area contributed by atoms with Crippen molar-refractivity contribution in [2.45, 2.75) is 32.5 Å². The van der Waals surface area contributed by atoms with E-state index in [1.165, 1.54) is 37.1 Å². The number of piperidine rings is 1. The lowest BCUT2D eigenvalue weighted by Gasteiger charge is -2.30. The van der Waals surface area contributed by atoms with Crippen molar-refractivity contribution >= 4 is 35.6 Å². The highest BCUT2D eigenvalue weighted by Gasteiger charge is 2.30. The van der Waals surface area contributed by atoms with Gasteiger partial charge in [-0.1, -0.05) is 6.92 Å². The van der Waals surface area contributed by atoms with Crippen LogP contribution in [0.1, 0.15) is 26.2 Å². The maximum atomic E-state index is 12.1. The van der Waals surface area contributed by atoms with Crippen molar-refractivity contribution in [1.82, 2.24) is 4.90 Å². The Morgan fingerprint density at radius 1 is 1.27 bits per heavy atom. The van der Waals surface area contributed by atoms with Crippen LogP contribution in [0.4, 0.5) is 18.9 Å². The number of nitrogens with zero attached hydrogens (tertiary/aromatic N) is 2. The SMILES string of the molecule is CCN1CCC(CCN=C(N)Nc2ccc(OC(F)(F)F)cc2)CC1.I. The van der Waals surface area contributed by atoms with Crippen LogP contribution in [0.25, 0.3) is 0 Å². The van der Waals surface area contributed by atoms with Gasteiger partial charge in [0.1, 0.15) is 5.75 Å².